The first-order valence-electron chi connectivity index (χ1n) is 8.85. The minimum atomic E-state index is -4.24. The van der Waals surface area contributed by atoms with Gasteiger partial charge in [0.2, 0.25) is 5.91 Å². The number of hydrogen-bond acceptors (Lipinski definition) is 6. The lowest BCUT2D eigenvalue weighted by molar-refractivity contribution is -0.114. The van der Waals surface area contributed by atoms with E-state index in [9.17, 15) is 26.8 Å². The molecule has 2 heterocycles. The zero-order valence-corrected chi connectivity index (χ0v) is 16.9. The van der Waals surface area contributed by atoms with Gasteiger partial charge in [-0.25, -0.2) is 18.7 Å². The van der Waals surface area contributed by atoms with Crippen molar-refractivity contribution in [1.82, 2.24) is 9.97 Å². The van der Waals surface area contributed by atoms with Gasteiger partial charge in [-0.15, -0.1) is 0 Å². The Labute approximate surface area is 176 Å². The Morgan fingerprint density at radius 3 is 2.42 bits per heavy atom. The molecule has 0 aliphatic carbocycles. The van der Waals surface area contributed by atoms with Crippen LogP contribution < -0.4 is 10.0 Å². The first-order valence-corrected chi connectivity index (χ1v) is 10.3. The van der Waals surface area contributed by atoms with Crippen LogP contribution in [0.1, 0.15) is 22.8 Å². The molecule has 0 saturated heterocycles. The number of ketones is 1. The van der Waals surface area contributed by atoms with Crippen molar-refractivity contribution in [2.45, 2.75) is 18.4 Å². The predicted octanol–water partition coefficient (Wildman–Crippen LogP) is 2.94. The van der Waals surface area contributed by atoms with E-state index in [1.165, 1.54) is 49.6 Å². The second-order valence-electron chi connectivity index (χ2n) is 6.39. The molecular weight excluding hydrogens is 430 g/mol. The first-order chi connectivity index (χ1) is 14.7. The van der Waals surface area contributed by atoms with Gasteiger partial charge in [0.15, 0.2) is 16.6 Å². The molecule has 3 rings (SSSR count). The van der Waals surface area contributed by atoms with Crippen molar-refractivity contribution < 1.29 is 26.8 Å². The van der Waals surface area contributed by atoms with Gasteiger partial charge in [-0.3, -0.25) is 14.3 Å². The highest BCUT2D eigenvalue weighted by Gasteiger charge is 2.24. The molecule has 3 aromatic rings. The number of carbonyl (C=O) groups excluding carboxylic acids is 2. The summed E-state index contributed by atoms with van der Waals surface area (Å²) in [6.07, 6.45) is 2.14. The van der Waals surface area contributed by atoms with Gasteiger partial charge in [-0.05, 0) is 35.9 Å². The van der Waals surface area contributed by atoms with Crippen molar-refractivity contribution in [3.05, 3.63) is 77.6 Å². The molecule has 2 N–H and O–H groups in total. The Hall–Kier alpha value is -3.73. The molecule has 8 nitrogen and oxygen atoms in total. The Balaban J connectivity index is 1.85. The fourth-order valence-corrected chi connectivity index (χ4v) is 3.66. The van der Waals surface area contributed by atoms with Crippen LogP contribution in [0.5, 0.6) is 0 Å². The van der Waals surface area contributed by atoms with Crippen LogP contribution in [-0.2, 0) is 21.2 Å². The molecule has 0 aliphatic heterocycles. The number of rotatable bonds is 7. The second kappa shape index (κ2) is 8.96. The lowest BCUT2D eigenvalue weighted by atomic mass is 10.0. The fraction of sp³-hybridized carbons (Fsp3) is 0.100. The van der Waals surface area contributed by atoms with Crippen LogP contribution >= 0.6 is 0 Å². The molecule has 0 fully saturated rings. The SMILES string of the molecule is CC(=O)Nc1ccc(CC(=O)c2c(F)ccc(NS(=O)(=O)c3ccccn3)c2F)cn1. The summed E-state index contributed by atoms with van der Waals surface area (Å²) in [5.74, 6) is -3.46. The molecule has 0 bridgehead atoms. The highest BCUT2D eigenvalue weighted by atomic mass is 32.2. The molecule has 1 amide bonds. The van der Waals surface area contributed by atoms with E-state index in [1.807, 2.05) is 4.72 Å². The molecule has 11 heteroatoms. The highest BCUT2D eigenvalue weighted by Crippen LogP contribution is 2.25. The largest absolute Gasteiger partial charge is 0.311 e. The number of aromatic nitrogens is 2. The molecule has 1 aromatic carbocycles. The topological polar surface area (TPSA) is 118 Å². The van der Waals surface area contributed by atoms with Crippen LogP contribution in [0.2, 0.25) is 0 Å². The van der Waals surface area contributed by atoms with Crippen molar-refractivity contribution in [2.24, 2.45) is 0 Å². The second-order valence-corrected chi connectivity index (χ2v) is 8.02. The van der Waals surface area contributed by atoms with Gasteiger partial charge in [-0.1, -0.05) is 12.1 Å². The van der Waals surface area contributed by atoms with E-state index in [1.54, 1.807) is 0 Å². The molecule has 0 spiro atoms. The van der Waals surface area contributed by atoms with Gasteiger partial charge in [-0.2, -0.15) is 8.42 Å². The Bertz CT molecular complexity index is 1230. The van der Waals surface area contributed by atoms with E-state index >= 15 is 0 Å². The van der Waals surface area contributed by atoms with Crippen LogP contribution in [0.25, 0.3) is 0 Å². The Morgan fingerprint density at radius 2 is 1.81 bits per heavy atom. The van der Waals surface area contributed by atoms with E-state index in [0.717, 1.165) is 12.1 Å². The standard InChI is InChI=1S/C20H16F2N4O4S/c1-12(27)25-17-8-5-13(11-24-17)10-16(28)19-14(21)6-7-15(20(19)22)26-31(29,30)18-4-2-3-9-23-18/h2-9,11,26H,10H2,1H3,(H,24,25,27). The monoisotopic (exact) mass is 446 g/mol. The normalized spacial score (nSPS) is 11.1. The molecule has 31 heavy (non-hydrogen) atoms. The molecule has 0 radical (unpaired) electrons. The summed E-state index contributed by atoms with van der Waals surface area (Å²) in [4.78, 5) is 31.2. The van der Waals surface area contributed by atoms with Crippen LogP contribution in [0, 0.1) is 11.6 Å². The number of halogens is 2. The summed E-state index contributed by atoms with van der Waals surface area (Å²) in [7, 11) is -4.24. The van der Waals surface area contributed by atoms with Gasteiger partial charge >= 0.3 is 0 Å². The summed E-state index contributed by atoms with van der Waals surface area (Å²) in [6.45, 7) is 1.31. The molecular formula is C20H16F2N4O4S. The minimum Gasteiger partial charge on any atom is -0.311 e. The minimum absolute atomic E-state index is 0.256. The number of Topliss-reactive ketones (excluding diaryl/α,β-unsaturated/α-hetero) is 1. The van der Waals surface area contributed by atoms with Crippen molar-refractivity contribution in [3.8, 4) is 0 Å². The molecule has 0 aliphatic rings. The third kappa shape index (κ3) is 5.25. The quantitative estimate of drug-likeness (QED) is 0.539. The average molecular weight is 446 g/mol. The van der Waals surface area contributed by atoms with Crippen molar-refractivity contribution >= 4 is 33.2 Å². The van der Waals surface area contributed by atoms with Crippen LogP contribution in [0.15, 0.2) is 59.9 Å². The third-order valence-corrected chi connectivity index (χ3v) is 5.30. The average Bonchev–Trinajstić information content (AvgIpc) is 2.72. The summed E-state index contributed by atoms with van der Waals surface area (Å²) in [6, 6.07) is 8.73. The maximum atomic E-state index is 14.9. The lowest BCUT2D eigenvalue weighted by Gasteiger charge is -2.11. The van der Waals surface area contributed by atoms with Gasteiger partial charge < -0.3 is 5.32 Å². The van der Waals surface area contributed by atoms with E-state index in [2.05, 4.69) is 15.3 Å². The van der Waals surface area contributed by atoms with E-state index in [4.69, 9.17) is 0 Å². The zero-order chi connectivity index (χ0) is 22.6. The number of amides is 1. The fourth-order valence-electron chi connectivity index (χ4n) is 2.65. The van der Waals surface area contributed by atoms with Gasteiger partial charge in [0, 0.05) is 25.7 Å². The number of benzene rings is 1. The van der Waals surface area contributed by atoms with E-state index in [0.29, 0.717) is 5.56 Å². The van der Waals surface area contributed by atoms with Crippen molar-refractivity contribution in [1.29, 1.82) is 0 Å². The lowest BCUT2D eigenvalue weighted by Crippen LogP contribution is -2.17. The smallest absolute Gasteiger partial charge is 0.279 e. The zero-order valence-electron chi connectivity index (χ0n) is 16.1. The van der Waals surface area contributed by atoms with Crippen molar-refractivity contribution in [2.75, 3.05) is 10.0 Å². The molecule has 2 aromatic heterocycles. The van der Waals surface area contributed by atoms with Gasteiger partial charge in [0.05, 0.1) is 11.3 Å². The van der Waals surface area contributed by atoms with Crippen LogP contribution in [0.4, 0.5) is 20.3 Å². The number of anilines is 2. The molecule has 0 unspecified atom stereocenters. The van der Waals surface area contributed by atoms with Gasteiger partial charge in [0.25, 0.3) is 10.0 Å². The Kier molecular flexibility index (Phi) is 6.35. The molecule has 0 saturated carbocycles. The maximum Gasteiger partial charge on any atom is 0.279 e. The number of nitrogens with zero attached hydrogens (tertiary/aromatic N) is 2. The maximum absolute atomic E-state index is 14.9. The highest BCUT2D eigenvalue weighted by molar-refractivity contribution is 7.92. The number of hydrogen-bond donors (Lipinski definition) is 2. The number of nitrogens with one attached hydrogen (secondary N) is 2. The third-order valence-electron chi connectivity index (χ3n) is 4.02. The summed E-state index contributed by atoms with van der Waals surface area (Å²) < 4.78 is 55.8. The Morgan fingerprint density at radius 1 is 1.03 bits per heavy atom. The summed E-state index contributed by atoms with van der Waals surface area (Å²) in [5.41, 5.74) is -1.13. The molecule has 0 atom stereocenters. The van der Waals surface area contributed by atoms with E-state index in [-0.39, 0.29) is 16.8 Å². The number of carbonyl (C=O) groups is 2. The van der Waals surface area contributed by atoms with Crippen LogP contribution in [-0.4, -0.2) is 30.1 Å². The van der Waals surface area contributed by atoms with Gasteiger partial charge in [0.1, 0.15) is 11.6 Å². The van der Waals surface area contributed by atoms with Crippen LogP contribution in [0.3, 0.4) is 0 Å². The number of sulfonamides is 1. The summed E-state index contributed by atoms with van der Waals surface area (Å²) >= 11 is 0. The first kappa shape index (κ1) is 22.0. The van der Waals surface area contributed by atoms with Crippen molar-refractivity contribution in [3.63, 3.8) is 0 Å². The number of pyridine rings is 2. The predicted molar refractivity (Wildman–Crippen MR) is 108 cm³/mol. The summed E-state index contributed by atoms with van der Waals surface area (Å²) in [5, 5.41) is 2.09. The van der Waals surface area contributed by atoms with E-state index < -0.39 is 45.1 Å². The molecule has 160 valence electrons.